The second-order valence-corrected chi connectivity index (χ2v) is 7.73. The van der Waals surface area contributed by atoms with Gasteiger partial charge in [0.15, 0.2) is 6.04 Å². The van der Waals surface area contributed by atoms with E-state index >= 15 is 0 Å². The number of hydrogen-bond acceptors (Lipinski definition) is 4. The molecule has 0 fully saturated rings. The van der Waals surface area contributed by atoms with Crippen molar-refractivity contribution in [1.82, 2.24) is 10.1 Å². The van der Waals surface area contributed by atoms with E-state index in [0.717, 1.165) is 31.7 Å². The number of hydrogen-bond donors (Lipinski definition) is 2. The Morgan fingerprint density at radius 1 is 1.19 bits per heavy atom. The summed E-state index contributed by atoms with van der Waals surface area (Å²) in [6.45, 7) is 2.85. The monoisotopic (exact) mass is 452 g/mol. The lowest BCUT2D eigenvalue weighted by molar-refractivity contribution is -0.547. The van der Waals surface area contributed by atoms with Gasteiger partial charge in [-0.05, 0) is 30.7 Å². The normalized spacial score (nSPS) is 16.0. The van der Waals surface area contributed by atoms with Crippen molar-refractivity contribution >= 4 is 5.96 Å². The Morgan fingerprint density at radius 2 is 1.94 bits per heavy atom. The molecule has 1 aromatic heterocycles. The first-order chi connectivity index (χ1) is 15.3. The van der Waals surface area contributed by atoms with Gasteiger partial charge in [0.1, 0.15) is 5.75 Å². The first kappa shape index (κ1) is 23.6. The molecule has 174 valence electrons. The molecular formula is C22H29F3N5O2+. The number of unbranched alkanes of at least 4 members (excludes halogenated alkanes) is 5. The van der Waals surface area contributed by atoms with Crippen molar-refractivity contribution in [2.45, 2.75) is 57.7 Å². The predicted octanol–water partition coefficient (Wildman–Crippen LogP) is 4.39. The van der Waals surface area contributed by atoms with E-state index in [4.69, 9.17) is 20.7 Å². The highest BCUT2D eigenvalue weighted by Crippen LogP contribution is 2.38. The molecule has 1 aliphatic heterocycles. The summed E-state index contributed by atoms with van der Waals surface area (Å²) in [5, 5.41) is 3.84. The molecule has 0 unspecified atom stereocenters. The van der Waals surface area contributed by atoms with Crippen molar-refractivity contribution in [3.8, 4) is 17.1 Å². The summed E-state index contributed by atoms with van der Waals surface area (Å²) < 4.78 is 53.3. The fraction of sp³-hybridized carbons (Fsp3) is 0.500. The summed E-state index contributed by atoms with van der Waals surface area (Å²) in [5.41, 5.74) is 10.6. The third kappa shape index (κ3) is 5.80. The van der Waals surface area contributed by atoms with Gasteiger partial charge >= 0.3 is 12.1 Å². The second-order valence-electron chi connectivity index (χ2n) is 7.73. The molecule has 7 nitrogen and oxygen atoms in total. The summed E-state index contributed by atoms with van der Waals surface area (Å²) >= 11 is 0. The zero-order chi connectivity index (χ0) is 23.1. The van der Waals surface area contributed by atoms with Crippen LogP contribution in [0.3, 0.4) is 0 Å². The van der Waals surface area contributed by atoms with Crippen LogP contribution in [-0.4, -0.2) is 33.8 Å². The van der Waals surface area contributed by atoms with Crippen molar-refractivity contribution in [3.63, 3.8) is 0 Å². The molecule has 0 bridgehead atoms. The molecule has 10 heteroatoms. The number of guanidine groups is 1. The van der Waals surface area contributed by atoms with E-state index in [1.807, 2.05) is 6.08 Å². The van der Waals surface area contributed by atoms with Crippen LogP contribution >= 0.6 is 0 Å². The van der Waals surface area contributed by atoms with E-state index < -0.39 is 17.8 Å². The van der Waals surface area contributed by atoms with Crippen LogP contribution in [0.4, 0.5) is 13.2 Å². The average molecular weight is 453 g/mol. The van der Waals surface area contributed by atoms with Crippen molar-refractivity contribution in [2.24, 2.45) is 11.5 Å². The van der Waals surface area contributed by atoms with Crippen molar-refractivity contribution in [1.29, 1.82) is 0 Å². The lowest BCUT2D eigenvalue weighted by Crippen LogP contribution is -2.36. The zero-order valence-electron chi connectivity index (χ0n) is 18.1. The summed E-state index contributed by atoms with van der Waals surface area (Å²) in [4.78, 5) is 4.26. The largest absolute Gasteiger partial charge is 0.493 e. The number of ether oxygens (including phenoxy) is 1. The highest BCUT2D eigenvalue weighted by atomic mass is 19.4. The Balaban J connectivity index is 1.73. The fourth-order valence-electron chi connectivity index (χ4n) is 3.56. The van der Waals surface area contributed by atoms with Crippen LogP contribution in [0.1, 0.15) is 62.9 Å². The van der Waals surface area contributed by atoms with Gasteiger partial charge in [-0.25, -0.2) is 4.58 Å². The molecule has 2 heterocycles. The van der Waals surface area contributed by atoms with Crippen LogP contribution in [0.15, 0.2) is 34.9 Å². The lowest BCUT2D eigenvalue weighted by atomic mass is 10.1. The Labute approximate surface area is 184 Å². The van der Waals surface area contributed by atoms with Crippen LogP contribution in [0, 0.1) is 0 Å². The molecule has 0 radical (unpaired) electrons. The van der Waals surface area contributed by atoms with E-state index in [0.29, 0.717) is 13.0 Å². The van der Waals surface area contributed by atoms with Crippen LogP contribution in [0.2, 0.25) is 0 Å². The summed E-state index contributed by atoms with van der Waals surface area (Å²) in [7, 11) is 0. The average Bonchev–Trinajstić information content (AvgIpc) is 3.42. The quantitative estimate of drug-likeness (QED) is 0.240. The molecule has 4 N–H and O–H groups in total. The molecule has 2 aromatic rings. The van der Waals surface area contributed by atoms with Crippen molar-refractivity contribution in [2.75, 3.05) is 13.2 Å². The Kier molecular flexibility index (Phi) is 7.76. The summed E-state index contributed by atoms with van der Waals surface area (Å²) in [6.07, 6.45) is 5.21. The lowest BCUT2D eigenvalue weighted by Gasteiger charge is -2.14. The molecule has 32 heavy (non-hydrogen) atoms. The zero-order valence-corrected chi connectivity index (χ0v) is 18.1. The highest BCUT2D eigenvalue weighted by molar-refractivity contribution is 5.70. The van der Waals surface area contributed by atoms with E-state index in [2.05, 4.69) is 17.1 Å². The van der Waals surface area contributed by atoms with E-state index in [-0.39, 0.29) is 35.6 Å². The van der Waals surface area contributed by atoms with E-state index in [1.165, 1.54) is 18.6 Å². The Bertz CT molecular complexity index is 965. The fourth-order valence-corrected chi connectivity index (χ4v) is 3.56. The third-order valence-electron chi connectivity index (χ3n) is 5.28. The van der Waals surface area contributed by atoms with Crippen LogP contribution in [0.5, 0.6) is 5.75 Å². The number of nitrogens with zero attached hydrogens (tertiary/aromatic N) is 3. The number of nitrogens with two attached hydrogens (primary N) is 2. The molecule has 1 aromatic carbocycles. The molecule has 0 saturated heterocycles. The van der Waals surface area contributed by atoms with Crippen LogP contribution in [-0.2, 0) is 6.18 Å². The molecule has 1 atom stereocenters. The molecule has 1 aliphatic rings. The van der Waals surface area contributed by atoms with Gasteiger partial charge in [-0.15, -0.1) is 0 Å². The molecule has 3 rings (SSSR count). The van der Waals surface area contributed by atoms with Gasteiger partial charge in [-0.1, -0.05) is 50.3 Å². The molecular weight excluding hydrogens is 423 g/mol. The van der Waals surface area contributed by atoms with Gasteiger partial charge in [-0.2, -0.15) is 18.2 Å². The smallest absolute Gasteiger partial charge is 0.419 e. The van der Waals surface area contributed by atoms with Gasteiger partial charge < -0.3 is 9.26 Å². The molecule has 0 aliphatic carbocycles. The maximum absolute atomic E-state index is 13.7. The van der Waals surface area contributed by atoms with Gasteiger partial charge in [0.2, 0.25) is 5.82 Å². The number of benzene rings is 1. The maximum atomic E-state index is 13.7. The first-order valence-electron chi connectivity index (χ1n) is 10.8. The maximum Gasteiger partial charge on any atom is 0.419 e. The summed E-state index contributed by atoms with van der Waals surface area (Å²) in [5.74, 6) is 0.128. The molecule has 0 saturated carbocycles. The standard InChI is InChI=1S/C22H28F3N5O2/c1-2-3-4-5-6-7-13-31-18-11-10-15(14-16(18)22(23,24)25)19-28-20(32-29-19)17-9-8-12-30(17)21(26)27/h8-11,14,17H,2-7,12-13H2,1H3,(H3,26,27)/p+1/t17-/m0/s1. The number of alkyl halides is 3. The van der Waals surface area contributed by atoms with Crippen molar-refractivity contribution < 1.29 is 27.0 Å². The number of aromatic nitrogens is 2. The van der Waals surface area contributed by atoms with Gasteiger partial charge in [-0.3, -0.25) is 11.5 Å². The topological polar surface area (TPSA) is 103 Å². The van der Waals surface area contributed by atoms with E-state index in [9.17, 15) is 13.2 Å². The SMILES string of the molecule is CCCCCCCCOc1ccc(-c2noc([C@@H]3C=CC[N+]3=C(N)N)n2)cc1C(F)(F)F. The van der Waals surface area contributed by atoms with Crippen molar-refractivity contribution in [3.05, 3.63) is 41.8 Å². The third-order valence-corrected chi connectivity index (χ3v) is 5.28. The van der Waals surface area contributed by atoms with Gasteiger partial charge in [0.05, 0.1) is 18.7 Å². The second kappa shape index (κ2) is 10.5. The minimum absolute atomic E-state index is 0.0452. The van der Waals surface area contributed by atoms with Crippen LogP contribution in [0.25, 0.3) is 11.4 Å². The molecule has 0 spiro atoms. The number of halogens is 3. The van der Waals surface area contributed by atoms with Crippen LogP contribution < -0.4 is 16.2 Å². The first-order valence-corrected chi connectivity index (χ1v) is 10.8. The minimum atomic E-state index is -4.58. The number of rotatable bonds is 10. The summed E-state index contributed by atoms with van der Waals surface area (Å²) in [6, 6.07) is 3.32. The highest BCUT2D eigenvalue weighted by Gasteiger charge is 2.35. The Hall–Kier alpha value is -3.04. The predicted molar refractivity (Wildman–Crippen MR) is 114 cm³/mol. The molecule has 0 amide bonds. The Morgan fingerprint density at radius 3 is 2.66 bits per heavy atom. The van der Waals surface area contributed by atoms with Gasteiger partial charge in [0, 0.05) is 5.56 Å². The van der Waals surface area contributed by atoms with Gasteiger partial charge in [0.25, 0.3) is 5.89 Å². The van der Waals surface area contributed by atoms with E-state index in [1.54, 1.807) is 10.7 Å². The minimum Gasteiger partial charge on any atom is -0.493 e.